The zero-order valence-electron chi connectivity index (χ0n) is 6.52. The third-order valence-electron chi connectivity index (χ3n) is 1.48. The Bertz CT molecular complexity index is 257. The van der Waals surface area contributed by atoms with Gasteiger partial charge in [0, 0.05) is 17.8 Å². The Kier molecular flexibility index (Phi) is 2.70. The molecule has 0 bridgehead atoms. The Morgan fingerprint density at radius 2 is 2.64 bits per heavy atom. The Balaban J connectivity index is 2.40. The molecule has 3 heteroatoms. The minimum absolute atomic E-state index is 0.602. The van der Waals surface area contributed by atoms with Gasteiger partial charge in [-0.05, 0) is 6.92 Å². The lowest BCUT2D eigenvalue weighted by Gasteiger charge is -1.97. The zero-order chi connectivity index (χ0) is 8.10. The van der Waals surface area contributed by atoms with Gasteiger partial charge in [-0.1, -0.05) is 5.92 Å². The molecule has 0 atom stereocenters. The van der Waals surface area contributed by atoms with E-state index >= 15 is 0 Å². The maximum Gasteiger partial charge on any atom is 0.0576 e. The standard InChI is InChI=1S/C8H11N3/c1-3-4-9-5-8-6-10-11-7(8)2/h1,6,9H,4-5H2,2H3,(H,10,11). The quantitative estimate of drug-likeness (QED) is 0.483. The van der Waals surface area contributed by atoms with Gasteiger partial charge in [-0.3, -0.25) is 5.10 Å². The molecule has 0 saturated carbocycles. The first-order valence-corrected chi connectivity index (χ1v) is 3.47. The van der Waals surface area contributed by atoms with E-state index in [0.717, 1.165) is 12.2 Å². The number of hydrogen-bond donors (Lipinski definition) is 2. The van der Waals surface area contributed by atoms with E-state index in [1.54, 1.807) is 6.20 Å². The van der Waals surface area contributed by atoms with Gasteiger partial charge in [-0.15, -0.1) is 6.42 Å². The van der Waals surface area contributed by atoms with E-state index in [9.17, 15) is 0 Å². The molecule has 0 unspecified atom stereocenters. The van der Waals surface area contributed by atoms with Crippen LogP contribution in [0.4, 0.5) is 0 Å². The Hall–Kier alpha value is -1.27. The van der Waals surface area contributed by atoms with E-state index in [2.05, 4.69) is 21.4 Å². The smallest absolute Gasteiger partial charge is 0.0576 e. The lowest BCUT2D eigenvalue weighted by Crippen LogP contribution is -2.13. The molecule has 2 N–H and O–H groups in total. The predicted octanol–water partition coefficient (Wildman–Crippen LogP) is 0.441. The number of H-pyrrole nitrogens is 1. The monoisotopic (exact) mass is 149 g/mol. The molecule has 1 rings (SSSR count). The van der Waals surface area contributed by atoms with Crippen LogP contribution in [0.25, 0.3) is 0 Å². The van der Waals surface area contributed by atoms with Crippen molar-refractivity contribution in [1.82, 2.24) is 15.5 Å². The number of aromatic nitrogens is 2. The molecule has 0 saturated heterocycles. The average Bonchev–Trinajstić information content (AvgIpc) is 2.37. The van der Waals surface area contributed by atoms with Gasteiger partial charge < -0.3 is 5.32 Å². The van der Waals surface area contributed by atoms with Crippen LogP contribution in [0, 0.1) is 19.3 Å². The second-order valence-corrected chi connectivity index (χ2v) is 2.33. The van der Waals surface area contributed by atoms with Gasteiger partial charge in [0.15, 0.2) is 0 Å². The van der Waals surface area contributed by atoms with E-state index in [-0.39, 0.29) is 0 Å². The highest BCUT2D eigenvalue weighted by Crippen LogP contribution is 2.00. The summed E-state index contributed by atoms with van der Waals surface area (Å²) in [7, 11) is 0. The molecular weight excluding hydrogens is 138 g/mol. The lowest BCUT2D eigenvalue weighted by molar-refractivity contribution is 0.766. The van der Waals surface area contributed by atoms with Gasteiger partial charge >= 0.3 is 0 Å². The van der Waals surface area contributed by atoms with Crippen LogP contribution < -0.4 is 5.32 Å². The number of aryl methyl sites for hydroxylation is 1. The summed E-state index contributed by atoms with van der Waals surface area (Å²) in [5.74, 6) is 2.51. The maximum absolute atomic E-state index is 5.07. The summed E-state index contributed by atoms with van der Waals surface area (Å²) in [6, 6.07) is 0. The van der Waals surface area contributed by atoms with Gasteiger partial charge in [0.2, 0.25) is 0 Å². The first kappa shape index (κ1) is 7.83. The normalized spacial score (nSPS) is 9.45. The highest BCUT2D eigenvalue weighted by molar-refractivity contribution is 5.13. The van der Waals surface area contributed by atoms with Crippen molar-refractivity contribution in [2.45, 2.75) is 13.5 Å². The molecule has 0 aliphatic rings. The molecule has 58 valence electrons. The molecule has 3 nitrogen and oxygen atoms in total. The fraction of sp³-hybridized carbons (Fsp3) is 0.375. The number of nitrogens with one attached hydrogen (secondary N) is 2. The van der Waals surface area contributed by atoms with E-state index in [1.807, 2.05) is 6.92 Å². The van der Waals surface area contributed by atoms with Crippen molar-refractivity contribution in [3.05, 3.63) is 17.5 Å². The van der Waals surface area contributed by atoms with Gasteiger partial charge in [-0.2, -0.15) is 5.10 Å². The van der Waals surface area contributed by atoms with Gasteiger partial charge in [-0.25, -0.2) is 0 Å². The zero-order valence-corrected chi connectivity index (χ0v) is 6.52. The maximum atomic E-state index is 5.07. The van der Waals surface area contributed by atoms with Crippen LogP contribution in [0.2, 0.25) is 0 Å². The van der Waals surface area contributed by atoms with E-state index in [4.69, 9.17) is 6.42 Å². The van der Waals surface area contributed by atoms with Crippen molar-refractivity contribution in [2.75, 3.05) is 6.54 Å². The highest BCUT2D eigenvalue weighted by atomic mass is 15.1. The van der Waals surface area contributed by atoms with Crippen molar-refractivity contribution in [2.24, 2.45) is 0 Å². The number of hydrogen-bond acceptors (Lipinski definition) is 2. The highest BCUT2D eigenvalue weighted by Gasteiger charge is 1.96. The molecule has 0 aliphatic carbocycles. The van der Waals surface area contributed by atoms with E-state index in [0.29, 0.717) is 6.54 Å². The Labute approximate surface area is 66.2 Å². The SMILES string of the molecule is C#CCNCc1cn[nH]c1C. The fourth-order valence-corrected chi connectivity index (χ4v) is 0.823. The van der Waals surface area contributed by atoms with Crippen LogP contribution in [0.1, 0.15) is 11.3 Å². The lowest BCUT2D eigenvalue weighted by atomic mass is 10.3. The molecule has 1 aromatic rings. The van der Waals surface area contributed by atoms with Gasteiger partial charge in [0.1, 0.15) is 0 Å². The first-order valence-electron chi connectivity index (χ1n) is 3.47. The molecule has 0 amide bonds. The molecule has 11 heavy (non-hydrogen) atoms. The van der Waals surface area contributed by atoms with Crippen molar-refractivity contribution < 1.29 is 0 Å². The van der Waals surface area contributed by atoms with Crippen molar-refractivity contribution in [1.29, 1.82) is 0 Å². The third-order valence-corrected chi connectivity index (χ3v) is 1.48. The van der Waals surface area contributed by atoms with Crippen LogP contribution >= 0.6 is 0 Å². The molecule has 0 spiro atoms. The summed E-state index contributed by atoms with van der Waals surface area (Å²) in [4.78, 5) is 0. The summed E-state index contributed by atoms with van der Waals surface area (Å²) in [6.45, 7) is 3.37. The van der Waals surface area contributed by atoms with Crippen LogP contribution in [0.5, 0.6) is 0 Å². The van der Waals surface area contributed by atoms with Crippen LogP contribution in [0.3, 0.4) is 0 Å². The largest absolute Gasteiger partial charge is 0.302 e. The van der Waals surface area contributed by atoms with E-state index in [1.165, 1.54) is 5.56 Å². The van der Waals surface area contributed by atoms with Gasteiger partial charge in [0.05, 0.1) is 12.7 Å². The van der Waals surface area contributed by atoms with Crippen LogP contribution in [-0.4, -0.2) is 16.7 Å². The van der Waals surface area contributed by atoms with Crippen molar-refractivity contribution >= 4 is 0 Å². The molecule has 0 fully saturated rings. The number of nitrogens with zero attached hydrogens (tertiary/aromatic N) is 1. The van der Waals surface area contributed by atoms with Gasteiger partial charge in [0.25, 0.3) is 0 Å². The number of rotatable bonds is 3. The molecule has 1 aromatic heterocycles. The minimum atomic E-state index is 0.602. The first-order chi connectivity index (χ1) is 5.34. The fourth-order valence-electron chi connectivity index (χ4n) is 0.823. The second kappa shape index (κ2) is 3.79. The molecular formula is C8H11N3. The summed E-state index contributed by atoms with van der Waals surface area (Å²) >= 11 is 0. The number of aromatic amines is 1. The topological polar surface area (TPSA) is 40.7 Å². The number of terminal acetylenes is 1. The minimum Gasteiger partial charge on any atom is -0.302 e. The van der Waals surface area contributed by atoms with E-state index < -0.39 is 0 Å². The Morgan fingerprint density at radius 3 is 3.18 bits per heavy atom. The Morgan fingerprint density at radius 1 is 1.82 bits per heavy atom. The average molecular weight is 149 g/mol. The van der Waals surface area contributed by atoms with Crippen molar-refractivity contribution in [3.63, 3.8) is 0 Å². The van der Waals surface area contributed by atoms with Crippen LogP contribution in [-0.2, 0) is 6.54 Å². The van der Waals surface area contributed by atoms with Crippen LogP contribution in [0.15, 0.2) is 6.20 Å². The summed E-state index contributed by atoms with van der Waals surface area (Å²) in [5, 5.41) is 9.82. The summed E-state index contributed by atoms with van der Waals surface area (Å²) in [5.41, 5.74) is 2.26. The predicted molar refractivity (Wildman–Crippen MR) is 43.9 cm³/mol. The third kappa shape index (κ3) is 2.10. The molecule has 0 aliphatic heterocycles. The molecule has 0 radical (unpaired) electrons. The summed E-state index contributed by atoms with van der Waals surface area (Å²) < 4.78 is 0. The molecule has 1 heterocycles. The molecule has 0 aromatic carbocycles. The summed E-state index contributed by atoms with van der Waals surface area (Å²) in [6.07, 6.45) is 6.87. The second-order valence-electron chi connectivity index (χ2n) is 2.33. The van der Waals surface area contributed by atoms with Crippen molar-refractivity contribution in [3.8, 4) is 12.3 Å².